The SMILES string of the molecule is Cc1ccc(C(=O)N[C@@H]2CC[C@@H](N3CCCC3)[C@@H]2O)s1. The third kappa shape index (κ3) is 2.75. The van der Waals surface area contributed by atoms with Crippen LogP contribution in [0, 0.1) is 6.92 Å². The van der Waals surface area contributed by atoms with Crippen molar-refractivity contribution in [3.63, 3.8) is 0 Å². The zero-order valence-electron chi connectivity index (χ0n) is 11.8. The Kier molecular flexibility index (Phi) is 4.10. The first-order valence-electron chi connectivity index (χ1n) is 7.44. The fraction of sp³-hybridized carbons (Fsp3) is 0.667. The number of nitrogens with one attached hydrogen (secondary N) is 1. The molecule has 0 unspecified atom stereocenters. The fourth-order valence-electron chi connectivity index (χ4n) is 3.39. The smallest absolute Gasteiger partial charge is 0.261 e. The number of aliphatic hydroxyl groups is 1. The number of hydrogen-bond donors (Lipinski definition) is 2. The molecular weight excluding hydrogens is 272 g/mol. The van der Waals surface area contributed by atoms with Crippen molar-refractivity contribution in [3.8, 4) is 0 Å². The molecule has 1 aliphatic heterocycles. The number of aliphatic hydroxyl groups excluding tert-OH is 1. The number of amides is 1. The molecule has 0 aromatic carbocycles. The maximum Gasteiger partial charge on any atom is 0.261 e. The van der Waals surface area contributed by atoms with Crippen LogP contribution in [0.3, 0.4) is 0 Å². The van der Waals surface area contributed by atoms with E-state index in [-0.39, 0.29) is 18.0 Å². The van der Waals surface area contributed by atoms with Crippen LogP contribution in [-0.4, -0.2) is 47.2 Å². The minimum absolute atomic E-state index is 0.0470. The van der Waals surface area contributed by atoms with Crippen LogP contribution in [0.15, 0.2) is 12.1 Å². The lowest BCUT2D eigenvalue weighted by molar-refractivity contribution is 0.0621. The van der Waals surface area contributed by atoms with Gasteiger partial charge in [-0.05, 0) is 57.8 Å². The van der Waals surface area contributed by atoms with E-state index in [1.54, 1.807) is 0 Å². The van der Waals surface area contributed by atoms with Crippen LogP contribution in [0.25, 0.3) is 0 Å². The number of carbonyl (C=O) groups excluding carboxylic acids is 1. The Bertz CT molecular complexity index is 482. The highest BCUT2D eigenvalue weighted by molar-refractivity contribution is 7.13. The van der Waals surface area contributed by atoms with Gasteiger partial charge in [0.25, 0.3) is 5.91 Å². The van der Waals surface area contributed by atoms with E-state index in [9.17, 15) is 9.90 Å². The first-order chi connectivity index (χ1) is 9.65. The summed E-state index contributed by atoms with van der Waals surface area (Å²) >= 11 is 1.50. The van der Waals surface area contributed by atoms with E-state index < -0.39 is 6.10 Å². The maximum atomic E-state index is 12.2. The van der Waals surface area contributed by atoms with Crippen molar-refractivity contribution in [1.82, 2.24) is 10.2 Å². The second-order valence-electron chi connectivity index (χ2n) is 5.87. The third-order valence-electron chi connectivity index (χ3n) is 4.47. The number of hydrogen-bond acceptors (Lipinski definition) is 4. The molecule has 0 spiro atoms. The lowest BCUT2D eigenvalue weighted by Gasteiger charge is -2.28. The Morgan fingerprint density at radius 3 is 2.75 bits per heavy atom. The number of thiophene rings is 1. The molecule has 1 saturated heterocycles. The second kappa shape index (κ2) is 5.84. The number of likely N-dealkylation sites (tertiary alicyclic amines) is 1. The first kappa shape index (κ1) is 14.0. The monoisotopic (exact) mass is 294 g/mol. The van der Waals surface area contributed by atoms with E-state index in [4.69, 9.17) is 0 Å². The van der Waals surface area contributed by atoms with Gasteiger partial charge in [-0.25, -0.2) is 0 Å². The van der Waals surface area contributed by atoms with Gasteiger partial charge in [0.1, 0.15) is 0 Å². The van der Waals surface area contributed by atoms with Crippen molar-refractivity contribution >= 4 is 17.2 Å². The Labute approximate surface area is 123 Å². The molecule has 2 N–H and O–H groups in total. The molecule has 2 aliphatic rings. The van der Waals surface area contributed by atoms with Crippen LogP contribution in [0.4, 0.5) is 0 Å². The summed E-state index contributed by atoms with van der Waals surface area (Å²) in [5.41, 5.74) is 0. The lowest BCUT2D eigenvalue weighted by atomic mass is 10.1. The van der Waals surface area contributed by atoms with Gasteiger partial charge < -0.3 is 10.4 Å². The normalized spacial score (nSPS) is 30.8. The largest absolute Gasteiger partial charge is 0.389 e. The van der Waals surface area contributed by atoms with Gasteiger partial charge in [-0.3, -0.25) is 9.69 Å². The number of rotatable bonds is 3. The molecule has 2 heterocycles. The predicted octanol–water partition coefficient (Wildman–Crippen LogP) is 1.77. The van der Waals surface area contributed by atoms with E-state index in [1.165, 1.54) is 24.2 Å². The zero-order valence-corrected chi connectivity index (χ0v) is 12.7. The summed E-state index contributed by atoms with van der Waals surface area (Å²) in [7, 11) is 0. The van der Waals surface area contributed by atoms with Gasteiger partial charge in [-0.15, -0.1) is 11.3 Å². The second-order valence-corrected chi connectivity index (χ2v) is 7.16. The fourth-order valence-corrected chi connectivity index (χ4v) is 4.16. The van der Waals surface area contributed by atoms with E-state index in [1.807, 2.05) is 19.1 Å². The summed E-state index contributed by atoms with van der Waals surface area (Å²) in [5.74, 6) is -0.0470. The highest BCUT2D eigenvalue weighted by atomic mass is 32.1. The van der Waals surface area contributed by atoms with Crippen LogP contribution in [0.1, 0.15) is 40.2 Å². The van der Waals surface area contributed by atoms with Crippen molar-refractivity contribution in [2.24, 2.45) is 0 Å². The average Bonchev–Trinajstić information content (AvgIpc) is 3.12. The average molecular weight is 294 g/mol. The highest BCUT2D eigenvalue weighted by Gasteiger charge is 2.39. The molecule has 20 heavy (non-hydrogen) atoms. The Hall–Kier alpha value is -0.910. The van der Waals surface area contributed by atoms with Crippen molar-refractivity contribution in [1.29, 1.82) is 0 Å². The molecule has 4 nitrogen and oxygen atoms in total. The van der Waals surface area contributed by atoms with Crippen LogP contribution < -0.4 is 5.32 Å². The molecule has 3 rings (SSSR count). The molecule has 0 bridgehead atoms. The predicted molar refractivity (Wildman–Crippen MR) is 80.1 cm³/mol. The molecule has 3 atom stereocenters. The topological polar surface area (TPSA) is 52.6 Å². The van der Waals surface area contributed by atoms with E-state index in [2.05, 4.69) is 10.2 Å². The van der Waals surface area contributed by atoms with E-state index in [0.29, 0.717) is 0 Å². The highest BCUT2D eigenvalue weighted by Crippen LogP contribution is 2.28. The number of nitrogens with zero attached hydrogens (tertiary/aromatic N) is 1. The molecule has 5 heteroatoms. The van der Waals surface area contributed by atoms with Crippen LogP contribution in [0.5, 0.6) is 0 Å². The molecule has 0 radical (unpaired) electrons. The van der Waals surface area contributed by atoms with Gasteiger partial charge >= 0.3 is 0 Å². The third-order valence-corrected chi connectivity index (χ3v) is 5.47. The van der Waals surface area contributed by atoms with Gasteiger partial charge in [0.15, 0.2) is 0 Å². The molecule has 2 fully saturated rings. The van der Waals surface area contributed by atoms with Crippen LogP contribution in [0.2, 0.25) is 0 Å². The van der Waals surface area contributed by atoms with Gasteiger partial charge in [0.2, 0.25) is 0 Å². The summed E-state index contributed by atoms with van der Waals surface area (Å²) < 4.78 is 0. The summed E-state index contributed by atoms with van der Waals surface area (Å²) in [5, 5.41) is 13.5. The summed E-state index contributed by atoms with van der Waals surface area (Å²) in [6.45, 7) is 4.17. The van der Waals surface area contributed by atoms with Crippen molar-refractivity contribution in [2.45, 2.75) is 50.8 Å². The Balaban J connectivity index is 1.59. The van der Waals surface area contributed by atoms with E-state index >= 15 is 0 Å². The summed E-state index contributed by atoms with van der Waals surface area (Å²) in [6, 6.07) is 3.94. The molecule has 1 aliphatic carbocycles. The van der Waals surface area contributed by atoms with Gasteiger partial charge in [0, 0.05) is 10.9 Å². The van der Waals surface area contributed by atoms with Crippen molar-refractivity contribution < 1.29 is 9.90 Å². The van der Waals surface area contributed by atoms with Crippen molar-refractivity contribution in [3.05, 3.63) is 21.9 Å². The minimum Gasteiger partial charge on any atom is -0.389 e. The standard InChI is InChI=1S/C15H22N2O2S/c1-10-4-7-13(20-10)15(19)16-11-5-6-12(14(11)18)17-8-2-3-9-17/h4,7,11-12,14,18H,2-3,5-6,8-9H2,1H3,(H,16,19)/t11-,12-,14-/m1/s1. The number of carbonyl (C=O) groups is 1. The lowest BCUT2D eigenvalue weighted by Crippen LogP contribution is -2.47. The molecule has 1 saturated carbocycles. The quantitative estimate of drug-likeness (QED) is 0.893. The summed E-state index contributed by atoms with van der Waals surface area (Å²) in [6.07, 6.45) is 3.88. The Morgan fingerprint density at radius 2 is 2.10 bits per heavy atom. The minimum atomic E-state index is -0.432. The van der Waals surface area contributed by atoms with Gasteiger partial charge in [0.05, 0.1) is 17.0 Å². The van der Waals surface area contributed by atoms with E-state index in [0.717, 1.165) is 35.7 Å². The zero-order chi connectivity index (χ0) is 14.1. The van der Waals surface area contributed by atoms with Crippen LogP contribution in [-0.2, 0) is 0 Å². The molecule has 1 aromatic heterocycles. The molecule has 110 valence electrons. The molecule has 1 aromatic rings. The van der Waals surface area contributed by atoms with Crippen LogP contribution >= 0.6 is 11.3 Å². The van der Waals surface area contributed by atoms with Crippen molar-refractivity contribution in [2.75, 3.05) is 13.1 Å². The number of aryl methyl sites for hydroxylation is 1. The van der Waals surface area contributed by atoms with Gasteiger partial charge in [-0.1, -0.05) is 0 Å². The molecule has 1 amide bonds. The molecular formula is C15H22N2O2S. The first-order valence-corrected chi connectivity index (χ1v) is 8.26. The maximum absolute atomic E-state index is 12.2. The summed E-state index contributed by atoms with van der Waals surface area (Å²) in [4.78, 5) is 16.4. The van der Waals surface area contributed by atoms with Gasteiger partial charge in [-0.2, -0.15) is 0 Å². The Morgan fingerprint density at radius 1 is 1.35 bits per heavy atom.